The first kappa shape index (κ1) is 12.3. The Hall–Kier alpha value is -1.13. The summed E-state index contributed by atoms with van der Waals surface area (Å²) in [6.45, 7) is 0.912. The fourth-order valence-corrected chi connectivity index (χ4v) is 2.14. The van der Waals surface area contributed by atoms with Crippen LogP contribution in [-0.2, 0) is 4.79 Å². The lowest BCUT2D eigenvalue weighted by Gasteiger charge is -2.15. The number of carbonyl (C=O) groups excluding carboxylic acids is 1. The molecule has 1 unspecified atom stereocenters. The van der Waals surface area contributed by atoms with Gasteiger partial charge in [0.25, 0.3) is 0 Å². The molecule has 1 aliphatic heterocycles. The van der Waals surface area contributed by atoms with Gasteiger partial charge < -0.3 is 10.6 Å². The number of nitrogens with one attached hydrogen (secondary N) is 2. The highest BCUT2D eigenvalue weighted by Crippen LogP contribution is 2.14. The Morgan fingerprint density at radius 2 is 2.35 bits per heavy atom. The van der Waals surface area contributed by atoms with Crippen LogP contribution in [0.3, 0.4) is 0 Å². The van der Waals surface area contributed by atoms with E-state index in [4.69, 9.17) is 11.6 Å². The Kier molecular flexibility index (Phi) is 4.34. The van der Waals surface area contributed by atoms with Gasteiger partial charge in [-0.3, -0.25) is 4.79 Å². The lowest BCUT2D eigenvalue weighted by Crippen LogP contribution is -2.39. The van der Waals surface area contributed by atoms with Crippen LogP contribution in [0.15, 0.2) is 18.3 Å². The highest BCUT2D eigenvalue weighted by molar-refractivity contribution is 6.29. The number of pyridine rings is 1. The minimum absolute atomic E-state index is 0.00849. The SMILES string of the molecule is O=C(Nc1ccnc(Cl)c1)C1CCCCCN1. The quantitative estimate of drug-likeness (QED) is 0.795. The van der Waals surface area contributed by atoms with Crippen molar-refractivity contribution in [1.82, 2.24) is 10.3 Å². The molecular formula is C12H16ClN3O. The summed E-state index contributed by atoms with van der Waals surface area (Å²) in [4.78, 5) is 15.9. The maximum absolute atomic E-state index is 12.0. The second kappa shape index (κ2) is 5.98. The molecule has 1 fully saturated rings. The van der Waals surface area contributed by atoms with Gasteiger partial charge in [-0.1, -0.05) is 24.4 Å². The molecule has 2 N–H and O–H groups in total. The van der Waals surface area contributed by atoms with Crippen molar-refractivity contribution in [2.24, 2.45) is 0 Å². The summed E-state index contributed by atoms with van der Waals surface area (Å²) in [5.41, 5.74) is 0.695. The number of aromatic nitrogens is 1. The molecule has 17 heavy (non-hydrogen) atoms. The van der Waals surface area contributed by atoms with Crippen LogP contribution in [0.1, 0.15) is 25.7 Å². The Morgan fingerprint density at radius 1 is 1.47 bits per heavy atom. The molecule has 0 bridgehead atoms. The average Bonchev–Trinajstić information content (AvgIpc) is 2.57. The van der Waals surface area contributed by atoms with E-state index in [1.165, 1.54) is 6.42 Å². The number of anilines is 1. The molecule has 1 aromatic rings. The first-order valence-corrected chi connectivity index (χ1v) is 6.29. The standard InChI is InChI=1S/C12H16ClN3O/c13-11-8-9(5-7-15-11)16-12(17)10-4-2-1-3-6-14-10/h5,7-8,10,14H,1-4,6H2,(H,15,16,17). The molecule has 1 saturated heterocycles. The predicted octanol–water partition coefficient (Wildman–Crippen LogP) is 2.21. The van der Waals surface area contributed by atoms with E-state index in [1.807, 2.05) is 0 Å². The van der Waals surface area contributed by atoms with Crippen molar-refractivity contribution in [3.8, 4) is 0 Å². The number of nitrogens with zero attached hydrogens (tertiary/aromatic N) is 1. The van der Waals surface area contributed by atoms with Gasteiger partial charge in [-0.05, 0) is 31.5 Å². The van der Waals surface area contributed by atoms with Crippen LogP contribution in [-0.4, -0.2) is 23.5 Å². The summed E-state index contributed by atoms with van der Waals surface area (Å²) in [5, 5.41) is 6.50. The van der Waals surface area contributed by atoms with Crippen LogP contribution in [0.25, 0.3) is 0 Å². The maximum Gasteiger partial charge on any atom is 0.241 e. The molecular weight excluding hydrogens is 238 g/mol. The first-order valence-electron chi connectivity index (χ1n) is 5.91. The number of rotatable bonds is 2. The van der Waals surface area contributed by atoms with Crippen LogP contribution in [0.4, 0.5) is 5.69 Å². The average molecular weight is 254 g/mol. The number of amides is 1. The third kappa shape index (κ3) is 3.68. The zero-order chi connectivity index (χ0) is 12.1. The van der Waals surface area contributed by atoms with E-state index in [0.29, 0.717) is 10.8 Å². The van der Waals surface area contributed by atoms with Gasteiger partial charge in [0, 0.05) is 11.9 Å². The lowest BCUT2D eigenvalue weighted by atomic mass is 10.1. The largest absolute Gasteiger partial charge is 0.325 e. The van der Waals surface area contributed by atoms with Crippen LogP contribution in [0.5, 0.6) is 0 Å². The fraction of sp³-hybridized carbons (Fsp3) is 0.500. The Balaban J connectivity index is 1.95. The maximum atomic E-state index is 12.0. The van der Waals surface area contributed by atoms with Crippen LogP contribution >= 0.6 is 11.6 Å². The van der Waals surface area contributed by atoms with Crippen molar-refractivity contribution < 1.29 is 4.79 Å². The third-order valence-corrected chi connectivity index (χ3v) is 3.08. The molecule has 4 nitrogen and oxygen atoms in total. The molecule has 92 valence electrons. The summed E-state index contributed by atoms with van der Waals surface area (Å²) < 4.78 is 0. The molecule has 1 aliphatic rings. The van der Waals surface area contributed by atoms with Gasteiger partial charge in [0.05, 0.1) is 6.04 Å². The molecule has 2 heterocycles. The molecule has 0 saturated carbocycles. The van der Waals surface area contributed by atoms with Gasteiger partial charge in [-0.2, -0.15) is 0 Å². The van der Waals surface area contributed by atoms with Crippen LogP contribution in [0.2, 0.25) is 5.15 Å². The van der Waals surface area contributed by atoms with Crippen LogP contribution in [0, 0.1) is 0 Å². The van der Waals surface area contributed by atoms with Gasteiger partial charge in [-0.25, -0.2) is 4.98 Å². The molecule has 0 aromatic carbocycles. The van der Waals surface area contributed by atoms with E-state index in [2.05, 4.69) is 15.6 Å². The normalized spacial score (nSPS) is 20.6. The van der Waals surface area contributed by atoms with Crippen molar-refractivity contribution in [1.29, 1.82) is 0 Å². The Labute approximate surface area is 106 Å². The van der Waals surface area contributed by atoms with Crippen molar-refractivity contribution in [3.05, 3.63) is 23.5 Å². The first-order chi connectivity index (χ1) is 8.25. The molecule has 1 aromatic heterocycles. The summed E-state index contributed by atoms with van der Waals surface area (Å²) in [6.07, 6.45) is 5.91. The number of hydrogen-bond acceptors (Lipinski definition) is 3. The topological polar surface area (TPSA) is 54.0 Å². The van der Waals surface area contributed by atoms with Gasteiger partial charge >= 0.3 is 0 Å². The Bertz CT molecular complexity index is 389. The summed E-state index contributed by atoms with van der Waals surface area (Å²) in [5.74, 6) is 0.00849. The van der Waals surface area contributed by atoms with E-state index >= 15 is 0 Å². The number of carbonyl (C=O) groups is 1. The Morgan fingerprint density at radius 3 is 3.18 bits per heavy atom. The number of halogens is 1. The summed E-state index contributed by atoms with van der Waals surface area (Å²) in [7, 11) is 0. The van der Waals surface area contributed by atoms with Gasteiger partial charge in [0.1, 0.15) is 5.15 Å². The van der Waals surface area contributed by atoms with E-state index < -0.39 is 0 Å². The second-order valence-corrected chi connectivity index (χ2v) is 4.60. The summed E-state index contributed by atoms with van der Waals surface area (Å²) >= 11 is 5.76. The smallest absolute Gasteiger partial charge is 0.241 e. The lowest BCUT2D eigenvalue weighted by molar-refractivity contribution is -0.118. The van der Waals surface area contributed by atoms with E-state index in [9.17, 15) is 4.79 Å². The van der Waals surface area contributed by atoms with Gasteiger partial charge in [0.15, 0.2) is 0 Å². The highest BCUT2D eigenvalue weighted by Gasteiger charge is 2.19. The summed E-state index contributed by atoms with van der Waals surface area (Å²) in [6, 6.07) is 3.29. The molecule has 1 amide bonds. The molecule has 2 rings (SSSR count). The number of hydrogen-bond donors (Lipinski definition) is 2. The van der Waals surface area contributed by atoms with E-state index in [-0.39, 0.29) is 11.9 Å². The van der Waals surface area contributed by atoms with Crippen molar-refractivity contribution in [3.63, 3.8) is 0 Å². The zero-order valence-corrected chi connectivity index (χ0v) is 10.3. The molecule has 0 radical (unpaired) electrons. The van der Waals surface area contributed by atoms with Crippen LogP contribution < -0.4 is 10.6 Å². The van der Waals surface area contributed by atoms with Crippen molar-refractivity contribution in [2.45, 2.75) is 31.7 Å². The molecule has 1 atom stereocenters. The highest BCUT2D eigenvalue weighted by atomic mass is 35.5. The van der Waals surface area contributed by atoms with Crippen molar-refractivity contribution in [2.75, 3.05) is 11.9 Å². The van der Waals surface area contributed by atoms with Crippen molar-refractivity contribution >= 4 is 23.2 Å². The van der Waals surface area contributed by atoms with Gasteiger partial charge in [-0.15, -0.1) is 0 Å². The minimum Gasteiger partial charge on any atom is -0.325 e. The predicted molar refractivity (Wildman–Crippen MR) is 68.1 cm³/mol. The monoisotopic (exact) mass is 253 g/mol. The molecule has 0 spiro atoms. The molecule has 0 aliphatic carbocycles. The third-order valence-electron chi connectivity index (χ3n) is 2.87. The molecule has 5 heteroatoms. The van der Waals surface area contributed by atoms with Gasteiger partial charge in [0.2, 0.25) is 5.91 Å². The minimum atomic E-state index is -0.0931. The van der Waals surface area contributed by atoms with E-state index in [1.54, 1.807) is 18.3 Å². The fourth-order valence-electron chi connectivity index (χ4n) is 1.96. The second-order valence-electron chi connectivity index (χ2n) is 4.21. The van der Waals surface area contributed by atoms with E-state index in [0.717, 1.165) is 25.8 Å². The zero-order valence-electron chi connectivity index (χ0n) is 9.58.